The molecule has 17 heavy (non-hydrogen) atoms. The van der Waals surface area contributed by atoms with E-state index in [1.807, 2.05) is 25.9 Å². The van der Waals surface area contributed by atoms with Crippen molar-refractivity contribution in [3.63, 3.8) is 0 Å². The molecule has 1 amide bonds. The SMILES string of the molecule is CC(CN(C)C)NC(=O)c1ccc(F)c(S)c1. The number of thiol groups is 1. The minimum Gasteiger partial charge on any atom is -0.348 e. The topological polar surface area (TPSA) is 32.3 Å². The fraction of sp³-hybridized carbons (Fsp3) is 0.417. The third-order valence-electron chi connectivity index (χ3n) is 2.22. The first-order chi connectivity index (χ1) is 7.90. The van der Waals surface area contributed by atoms with Gasteiger partial charge in [-0.15, -0.1) is 12.6 Å². The Labute approximate surface area is 106 Å². The van der Waals surface area contributed by atoms with Crippen LogP contribution in [0.4, 0.5) is 4.39 Å². The van der Waals surface area contributed by atoms with Gasteiger partial charge in [-0.3, -0.25) is 4.79 Å². The molecular weight excluding hydrogens is 239 g/mol. The number of hydrogen-bond donors (Lipinski definition) is 2. The number of benzene rings is 1. The van der Waals surface area contributed by atoms with Crippen molar-refractivity contribution in [1.82, 2.24) is 10.2 Å². The van der Waals surface area contributed by atoms with E-state index in [9.17, 15) is 9.18 Å². The van der Waals surface area contributed by atoms with Crippen LogP contribution in [0.15, 0.2) is 23.1 Å². The van der Waals surface area contributed by atoms with Gasteiger partial charge in [-0.2, -0.15) is 0 Å². The summed E-state index contributed by atoms with van der Waals surface area (Å²) in [7, 11) is 3.87. The highest BCUT2D eigenvalue weighted by Gasteiger charge is 2.11. The van der Waals surface area contributed by atoms with Crippen LogP contribution in [0, 0.1) is 5.82 Å². The zero-order valence-corrected chi connectivity index (χ0v) is 11.1. The minimum atomic E-state index is -0.425. The van der Waals surface area contributed by atoms with Gasteiger partial charge in [0.15, 0.2) is 0 Å². The Hall–Kier alpha value is -1.07. The second-order valence-corrected chi connectivity index (χ2v) is 4.78. The molecule has 0 saturated carbocycles. The fourth-order valence-corrected chi connectivity index (χ4v) is 1.77. The molecule has 0 radical (unpaired) electrons. The number of amides is 1. The fourth-order valence-electron chi connectivity index (χ4n) is 1.55. The van der Waals surface area contributed by atoms with E-state index >= 15 is 0 Å². The van der Waals surface area contributed by atoms with Crippen LogP contribution < -0.4 is 5.32 Å². The van der Waals surface area contributed by atoms with Crippen molar-refractivity contribution in [2.24, 2.45) is 0 Å². The lowest BCUT2D eigenvalue weighted by Gasteiger charge is -2.18. The number of likely N-dealkylation sites (N-methyl/N-ethyl adjacent to an activating group) is 1. The van der Waals surface area contributed by atoms with Gasteiger partial charge >= 0.3 is 0 Å². The van der Waals surface area contributed by atoms with Crippen LogP contribution in [0.25, 0.3) is 0 Å². The van der Waals surface area contributed by atoms with Crippen molar-refractivity contribution in [1.29, 1.82) is 0 Å². The van der Waals surface area contributed by atoms with Crippen molar-refractivity contribution >= 4 is 18.5 Å². The van der Waals surface area contributed by atoms with Gasteiger partial charge in [-0.05, 0) is 39.2 Å². The van der Waals surface area contributed by atoms with E-state index in [-0.39, 0.29) is 16.8 Å². The van der Waals surface area contributed by atoms with Crippen LogP contribution in [0.5, 0.6) is 0 Å². The van der Waals surface area contributed by atoms with Crippen LogP contribution in [0.1, 0.15) is 17.3 Å². The lowest BCUT2D eigenvalue weighted by Crippen LogP contribution is -2.39. The Morgan fingerprint density at radius 2 is 2.18 bits per heavy atom. The number of halogens is 1. The molecule has 1 rings (SSSR count). The normalized spacial score (nSPS) is 12.6. The van der Waals surface area contributed by atoms with E-state index in [4.69, 9.17) is 0 Å². The number of rotatable bonds is 4. The molecule has 0 aromatic heterocycles. The Balaban J connectivity index is 2.66. The van der Waals surface area contributed by atoms with Crippen molar-refractivity contribution in [2.45, 2.75) is 17.9 Å². The lowest BCUT2D eigenvalue weighted by molar-refractivity contribution is 0.0934. The number of carbonyl (C=O) groups excluding carboxylic acids is 1. The molecule has 94 valence electrons. The van der Waals surface area contributed by atoms with Gasteiger partial charge in [0.25, 0.3) is 5.91 Å². The van der Waals surface area contributed by atoms with E-state index in [2.05, 4.69) is 17.9 Å². The maximum atomic E-state index is 13.0. The average molecular weight is 256 g/mol. The summed E-state index contributed by atoms with van der Waals surface area (Å²) in [5, 5.41) is 2.84. The Kier molecular flexibility index (Phi) is 4.96. The zero-order valence-electron chi connectivity index (χ0n) is 10.2. The van der Waals surface area contributed by atoms with Crippen molar-refractivity contribution in [3.8, 4) is 0 Å². The van der Waals surface area contributed by atoms with Crippen LogP contribution >= 0.6 is 12.6 Å². The van der Waals surface area contributed by atoms with E-state index < -0.39 is 5.82 Å². The molecule has 1 N–H and O–H groups in total. The predicted octanol–water partition coefficient (Wildman–Crippen LogP) is 1.79. The van der Waals surface area contributed by atoms with Gasteiger partial charge in [-0.25, -0.2) is 4.39 Å². The van der Waals surface area contributed by atoms with E-state index in [1.54, 1.807) is 0 Å². The molecule has 1 atom stereocenters. The molecule has 0 fully saturated rings. The van der Waals surface area contributed by atoms with E-state index in [0.29, 0.717) is 5.56 Å². The molecule has 0 aliphatic heterocycles. The molecule has 1 aromatic carbocycles. The quantitative estimate of drug-likeness (QED) is 0.805. The molecule has 1 unspecified atom stereocenters. The van der Waals surface area contributed by atoms with Gasteiger partial charge in [0.2, 0.25) is 0 Å². The number of carbonyl (C=O) groups is 1. The minimum absolute atomic E-state index is 0.0333. The smallest absolute Gasteiger partial charge is 0.251 e. The highest BCUT2D eigenvalue weighted by atomic mass is 32.1. The zero-order chi connectivity index (χ0) is 13.0. The average Bonchev–Trinajstić information content (AvgIpc) is 2.20. The summed E-state index contributed by atoms with van der Waals surface area (Å²) < 4.78 is 13.0. The largest absolute Gasteiger partial charge is 0.348 e. The highest BCUT2D eigenvalue weighted by molar-refractivity contribution is 7.80. The first kappa shape index (κ1) is 14.0. The van der Waals surface area contributed by atoms with Crippen LogP contribution in [-0.4, -0.2) is 37.5 Å². The second-order valence-electron chi connectivity index (χ2n) is 4.30. The predicted molar refractivity (Wildman–Crippen MR) is 69.1 cm³/mol. The summed E-state index contributed by atoms with van der Waals surface area (Å²) >= 11 is 3.95. The Bertz CT molecular complexity index is 409. The second kappa shape index (κ2) is 6.02. The molecular formula is C12H17FN2OS. The highest BCUT2D eigenvalue weighted by Crippen LogP contribution is 2.14. The summed E-state index contributed by atoms with van der Waals surface area (Å²) in [5.41, 5.74) is 0.419. The molecule has 0 spiro atoms. The number of hydrogen-bond acceptors (Lipinski definition) is 3. The summed E-state index contributed by atoms with van der Waals surface area (Å²) in [6, 6.07) is 4.16. The molecule has 0 aliphatic carbocycles. The molecule has 0 heterocycles. The summed E-state index contributed by atoms with van der Waals surface area (Å²) in [4.78, 5) is 14.0. The number of nitrogens with zero attached hydrogens (tertiary/aromatic N) is 1. The maximum Gasteiger partial charge on any atom is 0.251 e. The molecule has 0 aliphatic rings. The van der Waals surface area contributed by atoms with Gasteiger partial charge < -0.3 is 10.2 Å². The van der Waals surface area contributed by atoms with Crippen molar-refractivity contribution in [3.05, 3.63) is 29.6 Å². The summed E-state index contributed by atoms with van der Waals surface area (Å²) in [5.74, 6) is -0.638. The Morgan fingerprint density at radius 3 is 2.71 bits per heavy atom. The molecule has 3 nitrogen and oxygen atoms in total. The summed E-state index contributed by atoms with van der Waals surface area (Å²) in [6.07, 6.45) is 0. The van der Waals surface area contributed by atoms with Crippen molar-refractivity contribution in [2.75, 3.05) is 20.6 Å². The van der Waals surface area contributed by atoms with Crippen molar-refractivity contribution < 1.29 is 9.18 Å². The molecule has 0 bridgehead atoms. The maximum absolute atomic E-state index is 13.0. The molecule has 0 saturated heterocycles. The first-order valence-electron chi connectivity index (χ1n) is 5.34. The molecule has 5 heteroatoms. The standard InChI is InChI=1S/C12H17FN2OS/c1-8(7-15(2)3)14-12(16)9-4-5-10(13)11(17)6-9/h4-6,8,17H,7H2,1-3H3,(H,14,16). The Morgan fingerprint density at radius 1 is 1.53 bits per heavy atom. The van der Waals surface area contributed by atoms with Gasteiger partial charge in [0.05, 0.1) is 0 Å². The first-order valence-corrected chi connectivity index (χ1v) is 5.79. The van der Waals surface area contributed by atoms with Crippen LogP contribution in [0.3, 0.4) is 0 Å². The summed E-state index contributed by atoms with van der Waals surface area (Å²) in [6.45, 7) is 2.67. The van der Waals surface area contributed by atoms with Crippen LogP contribution in [0.2, 0.25) is 0 Å². The van der Waals surface area contributed by atoms with E-state index in [0.717, 1.165) is 6.54 Å². The lowest BCUT2D eigenvalue weighted by atomic mass is 10.2. The van der Waals surface area contributed by atoms with Crippen LogP contribution in [-0.2, 0) is 0 Å². The third kappa shape index (κ3) is 4.36. The van der Waals surface area contributed by atoms with E-state index in [1.165, 1.54) is 18.2 Å². The number of nitrogens with one attached hydrogen (secondary N) is 1. The van der Waals surface area contributed by atoms with Gasteiger partial charge in [0.1, 0.15) is 5.82 Å². The van der Waals surface area contributed by atoms with Gasteiger partial charge in [-0.1, -0.05) is 0 Å². The molecule has 1 aromatic rings. The van der Waals surface area contributed by atoms with Gasteiger partial charge in [0, 0.05) is 23.0 Å². The third-order valence-corrected chi connectivity index (χ3v) is 2.57. The monoisotopic (exact) mass is 256 g/mol.